The van der Waals surface area contributed by atoms with Crippen LogP contribution in [0.2, 0.25) is 0 Å². The number of hydrogen-bond acceptors (Lipinski definition) is 4. The molecule has 1 aromatic rings. The summed E-state index contributed by atoms with van der Waals surface area (Å²) in [6, 6.07) is 4.24. The van der Waals surface area contributed by atoms with Gasteiger partial charge in [0.1, 0.15) is 11.3 Å². The number of nitrogens with two attached hydrogens (primary N) is 1. The van der Waals surface area contributed by atoms with E-state index in [-0.39, 0.29) is 11.3 Å². The van der Waals surface area contributed by atoms with E-state index in [1.165, 1.54) is 25.3 Å². The molecule has 4 nitrogen and oxygen atoms in total. The Balaban J connectivity index is 2.82. The van der Waals surface area contributed by atoms with Crippen LogP contribution in [-0.2, 0) is 4.74 Å². The number of halogens is 2. The molecule has 0 aliphatic carbocycles. The van der Waals surface area contributed by atoms with Gasteiger partial charge in [-0.05, 0) is 12.1 Å². The molecule has 0 saturated carbocycles. The van der Waals surface area contributed by atoms with Gasteiger partial charge in [0.05, 0.1) is 7.11 Å². The second kappa shape index (κ2) is 5.29. The molecule has 6 heteroatoms. The molecule has 0 fully saturated rings. The SMILES string of the molecule is COc1cc(N)ccc1C(=O)OCC(F)F. The van der Waals surface area contributed by atoms with Crippen LogP contribution in [0, 0.1) is 0 Å². The van der Waals surface area contributed by atoms with Gasteiger partial charge >= 0.3 is 5.97 Å². The van der Waals surface area contributed by atoms with Crippen molar-refractivity contribution in [3.8, 4) is 5.75 Å². The van der Waals surface area contributed by atoms with Crippen molar-refractivity contribution in [2.75, 3.05) is 19.5 Å². The van der Waals surface area contributed by atoms with Gasteiger partial charge in [-0.1, -0.05) is 0 Å². The number of ether oxygens (including phenoxy) is 2. The van der Waals surface area contributed by atoms with Crippen LogP contribution in [0.4, 0.5) is 14.5 Å². The summed E-state index contributed by atoms with van der Waals surface area (Å²) in [5.41, 5.74) is 5.95. The fourth-order valence-corrected chi connectivity index (χ4v) is 1.09. The highest BCUT2D eigenvalue weighted by Gasteiger charge is 2.15. The van der Waals surface area contributed by atoms with Gasteiger partial charge < -0.3 is 15.2 Å². The lowest BCUT2D eigenvalue weighted by Crippen LogP contribution is -2.12. The molecular weight excluding hydrogens is 220 g/mol. The number of carbonyl (C=O) groups excluding carboxylic acids is 1. The summed E-state index contributed by atoms with van der Waals surface area (Å²) in [6.45, 7) is -0.938. The Morgan fingerprint density at radius 3 is 2.75 bits per heavy atom. The van der Waals surface area contributed by atoms with Crippen molar-refractivity contribution in [1.29, 1.82) is 0 Å². The Bertz CT molecular complexity index is 382. The quantitative estimate of drug-likeness (QED) is 0.632. The largest absolute Gasteiger partial charge is 0.496 e. The van der Waals surface area contributed by atoms with Gasteiger partial charge in [0.25, 0.3) is 6.43 Å². The fraction of sp³-hybridized carbons (Fsp3) is 0.300. The Morgan fingerprint density at radius 2 is 2.19 bits per heavy atom. The Morgan fingerprint density at radius 1 is 1.50 bits per heavy atom. The van der Waals surface area contributed by atoms with E-state index in [0.717, 1.165) is 0 Å². The number of hydrogen-bond donors (Lipinski definition) is 1. The third-order valence-electron chi connectivity index (χ3n) is 1.79. The van der Waals surface area contributed by atoms with Crippen molar-refractivity contribution >= 4 is 11.7 Å². The van der Waals surface area contributed by atoms with Crippen LogP contribution in [0.1, 0.15) is 10.4 Å². The van der Waals surface area contributed by atoms with Crippen LogP contribution >= 0.6 is 0 Å². The van der Waals surface area contributed by atoms with Crippen LogP contribution in [0.3, 0.4) is 0 Å². The molecular formula is C10H11F2NO3. The zero-order chi connectivity index (χ0) is 12.1. The summed E-state index contributed by atoms with van der Waals surface area (Å²) in [6.07, 6.45) is -2.69. The molecule has 1 rings (SSSR count). The van der Waals surface area contributed by atoms with Crippen LogP contribution in [0.5, 0.6) is 5.75 Å². The standard InChI is InChI=1S/C10H11F2NO3/c1-15-8-4-6(13)2-3-7(8)10(14)16-5-9(11)12/h2-4,9H,5,13H2,1H3. The van der Waals surface area contributed by atoms with Crippen molar-refractivity contribution in [2.45, 2.75) is 6.43 Å². The molecule has 0 saturated heterocycles. The molecule has 0 amide bonds. The first-order chi connectivity index (χ1) is 7.54. The van der Waals surface area contributed by atoms with E-state index in [9.17, 15) is 13.6 Å². The minimum atomic E-state index is -2.69. The Labute approximate surface area is 91.0 Å². The number of rotatable bonds is 4. The van der Waals surface area contributed by atoms with E-state index in [4.69, 9.17) is 10.5 Å². The third kappa shape index (κ3) is 3.08. The van der Waals surface area contributed by atoms with Crippen LogP contribution in [0.15, 0.2) is 18.2 Å². The van der Waals surface area contributed by atoms with E-state index in [0.29, 0.717) is 5.69 Å². The average molecular weight is 231 g/mol. The lowest BCUT2D eigenvalue weighted by molar-refractivity contribution is 0.0157. The highest BCUT2D eigenvalue weighted by molar-refractivity contribution is 5.93. The smallest absolute Gasteiger partial charge is 0.342 e. The highest BCUT2D eigenvalue weighted by atomic mass is 19.3. The maximum atomic E-state index is 11.8. The molecule has 0 aliphatic heterocycles. The van der Waals surface area contributed by atoms with Crippen LogP contribution in [-0.4, -0.2) is 26.1 Å². The van der Waals surface area contributed by atoms with E-state index >= 15 is 0 Å². The number of anilines is 1. The summed E-state index contributed by atoms with van der Waals surface area (Å²) in [5, 5.41) is 0. The van der Waals surface area contributed by atoms with Gasteiger partial charge in [-0.3, -0.25) is 0 Å². The maximum absolute atomic E-state index is 11.8. The third-order valence-corrected chi connectivity index (χ3v) is 1.79. The minimum absolute atomic E-state index is 0.0670. The lowest BCUT2D eigenvalue weighted by Gasteiger charge is -2.08. The number of benzene rings is 1. The molecule has 0 spiro atoms. The van der Waals surface area contributed by atoms with Gasteiger partial charge in [-0.25, -0.2) is 13.6 Å². The normalized spacial score (nSPS) is 10.2. The van der Waals surface area contributed by atoms with Crippen LogP contribution in [0.25, 0.3) is 0 Å². The lowest BCUT2D eigenvalue weighted by atomic mass is 10.2. The van der Waals surface area contributed by atoms with E-state index < -0.39 is 19.0 Å². The van der Waals surface area contributed by atoms with E-state index in [2.05, 4.69) is 4.74 Å². The summed E-state index contributed by atoms with van der Waals surface area (Å²) in [4.78, 5) is 11.4. The predicted octanol–water partition coefficient (Wildman–Crippen LogP) is 1.70. The maximum Gasteiger partial charge on any atom is 0.342 e. The highest BCUT2D eigenvalue weighted by Crippen LogP contribution is 2.22. The molecule has 0 unspecified atom stereocenters. The first kappa shape index (κ1) is 12.2. The molecule has 88 valence electrons. The van der Waals surface area contributed by atoms with Gasteiger partial charge in [-0.2, -0.15) is 0 Å². The predicted molar refractivity (Wildman–Crippen MR) is 53.7 cm³/mol. The topological polar surface area (TPSA) is 61.5 Å². The summed E-state index contributed by atoms with van der Waals surface area (Å²) >= 11 is 0. The number of nitrogen functional groups attached to an aromatic ring is 1. The van der Waals surface area contributed by atoms with Crippen molar-refractivity contribution in [3.63, 3.8) is 0 Å². The molecule has 0 aliphatic rings. The molecule has 0 atom stereocenters. The second-order valence-electron chi connectivity index (χ2n) is 2.95. The zero-order valence-corrected chi connectivity index (χ0v) is 8.57. The number of carbonyl (C=O) groups is 1. The van der Waals surface area contributed by atoms with Crippen molar-refractivity contribution in [3.05, 3.63) is 23.8 Å². The van der Waals surface area contributed by atoms with Gasteiger partial charge in [0.2, 0.25) is 0 Å². The van der Waals surface area contributed by atoms with Crippen molar-refractivity contribution in [1.82, 2.24) is 0 Å². The van der Waals surface area contributed by atoms with E-state index in [1.54, 1.807) is 0 Å². The zero-order valence-electron chi connectivity index (χ0n) is 8.57. The number of alkyl halides is 2. The van der Waals surface area contributed by atoms with E-state index in [1.807, 2.05) is 0 Å². The average Bonchev–Trinajstić information content (AvgIpc) is 2.25. The van der Waals surface area contributed by atoms with Crippen molar-refractivity contribution in [2.24, 2.45) is 0 Å². The van der Waals surface area contributed by atoms with Gasteiger partial charge in [0, 0.05) is 11.8 Å². The minimum Gasteiger partial charge on any atom is -0.496 e. The van der Waals surface area contributed by atoms with Crippen molar-refractivity contribution < 1.29 is 23.0 Å². The number of esters is 1. The molecule has 0 aromatic heterocycles. The molecule has 16 heavy (non-hydrogen) atoms. The summed E-state index contributed by atoms with van der Waals surface area (Å²) in [7, 11) is 1.35. The molecule has 1 aromatic carbocycles. The fourth-order valence-electron chi connectivity index (χ4n) is 1.09. The number of methoxy groups -OCH3 is 1. The monoisotopic (exact) mass is 231 g/mol. The Kier molecular flexibility index (Phi) is 4.04. The first-order valence-corrected chi connectivity index (χ1v) is 4.43. The van der Waals surface area contributed by atoms with Gasteiger partial charge in [-0.15, -0.1) is 0 Å². The summed E-state index contributed by atoms with van der Waals surface area (Å²) < 4.78 is 32.9. The first-order valence-electron chi connectivity index (χ1n) is 4.43. The second-order valence-corrected chi connectivity index (χ2v) is 2.95. The summed E-state index contributed by atoms with van der Waals surface area (Å²) in [5.74, 6) is -0.670. The molecule has 0 radical (unpaired) electrons. The van der Waals surface area contributed by atoms with Crippen LogP contribution < -0.4 is 10.5 Å². The molecule has 2 N–H and O–H groups in total. The molecule has 0 heterocycles. The van der Waals surface area contributed by atoms with Gasteiger partial charge in [0.15, 0.2) is 6.61 Å². The Hall–Kier alpha value is -1.85. The molecule has 0 bridgehead atoms.